The Balaban J connectivity index is 1.48. The van der Waals surface area contributed by atoms with Gasteiger partial charge in [0, 0.05) is 19.1 Å². The lowest BCUT2D eigenvalue weighted by molar-refractivity contribution is -0.120. The van der Waals surface area contributed by atoms with Crippen LogP contribution in [0.3, 0.4) is 0 Å². The van der Waals surface area contributed by atoms with Gasteiger partial charge in [0.1, 0.15) is 0 Å². The summed E-state index contributed by atoms with van der Waals surface area (Å²) in [5.74, 6) is -0.343. The average Bonchev–Trinajstić information content (AvgIpc) is 3.42. The van der Waals surface area contributed by atoms with Crippen molar-refractivity contribution in [2.24, 2.45) is 0 Å². The second kappa shape index (κ2) is 9.13. The van der Waals surface area contributed by atoms with Crippen molar-refractivity contribution in [3.05, 3.63) is 23.3 Å². The van der Waals surface area contributed by atoms with Gasteiger partial charge in [-0.05, 0) is 76.4 Å². The summed E-state index contributed by atoms with van der Waals surface area (Å²) in [6.07, 6.45) is 7.75. The van der Waals surface area contributed by atoms with Crippen molar-refractivity contribution in [3.63, 3.8) is 0 Å². The second-order valence-electron chi connectivity index (χ2n) is 10.3. The van der Waals surface area contributed by atoms with Crippen molar-refractivity contribution in [1.29, 1.82) is 0 Å². The van der Waals surface area contributed by atoms with Gasteiger partial charge in [0.05, 0.1) is 22.4 Å². The SMILES string of the molecule is CN1CCC(NC(=O)c2cc(NS(=O)(=O)N3CCCCC3)cc3c2NC(=O)C32CCCC2)CC1. The fourth-order valence-electron chi connectivity index (χ4n) is 5.96. The number of benzene rings is 1. The van der Waals surface area contributed by atoms with E-state index in [-0.39, 0.29) is 17.9 Å². The molecule has 1 saturated carbocycles. The zero-order chi connectivity index (χ0) is 23.9. The van der Waals surface area contributed by atoms with Crippen LogP contribution in [0.25, 0.3) is 0 Å². The molecule has 10 heteroatoms. The molecule has 5 rings (SSSR count). The van der Waals surface area contributed by atoms with E-state index in [0.29, 0.717) is 42.9 Å². The largest absolute Gasteiger partial charge is 0.349 e. The lowest BCUT2D eigenvalue weighted by Crippen LogP contribution is -2.43. The Labute approximate surface area is 201 Å². The molecule has 0 unspecified atom stereocenters. The van der Waals surface area contributed by atoms with Gasteiger partial charge in [-0.15, -0.1) is 0 Å². The predicted octanol–water partition coefficient (Wildman–Crippen LogP) is 2.42. The molecule has 3 aliphatic heterocycles. The van der Waals surface area contributed by atoms with Crippen LogP contribution < -0.4 is 15.4 Å². The van der Waals surface area contributed by atoms with Crippen LogP contribution in [-0.2, 0) is 20.4 Å². The summed E-state index contributed by atoms with van der Waals surface area (Å²) in [6.45, 7) is 2.82. The fourth-order valence-corrected chi connectivity index (χ4v) is 7.24. The molecule has 3 heterocycles. The van der Waals surface area contributed by atoms with Crippen LogP contribution in [-0.4, -0.2) is 68.7 Å². The molecule has 1 aromatic carbocycles. The third-order valence-corrected chi connectivity index (χ3v) is 9.52. The third-order valence-electron chi connectivity index (χ3n) is 7.98. The summed E-state index contributed by atoms with van der Waals surface area (Å²) in [7, 11) is -1.67. The molecule has 0 atom stereocenters. The summed E-state index contributed by atoms with van der Waals surface area (Å²) < 4.78 is 30.4. The molecule has 34 heavy (non-hydrogen) atoms. The highest BCUT2D eigenvalue weighted by Crippen LogP contribution is 2.50. The van der Waals surface area contributed by atoms with Crippen LogP contribution in [0.4, 0.5) is 11.4 Å². The van der Waals surface area contributed by atoms with E-state index in [1.807, 2.05) is 0 Å². The summed E-state index contributed by atoms with van der Waals surface area (Å²) in [5, 5.41) is 6.11. The number of fused-ring (bicyclic) bond motifs is 2. The third kappa shape index (κ3) is 4.31. The number of carbonyl (C=O) groups is 2. The predicted molar refractivity (Wildman–Crippen MR) is 131 cm³/mol. The molecule has 4 aliphatic rings. The first kappa shape index (κ1) is 23.6. The van der Waals surface area contributed by atoms with Gasteiger partial charge in [-0.1, -0.05) is 19.3 Å². The summed E-state index contributed by atoms with van der Waals surface area (Å²) in [6, 6.07) is 3.41. The van der Waals surface area contributed by atoms with E-state index in [2.05, 4.69) is 27.3 Å². The van der Waals surface area contributed by atoms with Crippen molar-refractivity contribution in [3.8, 4) is 0 Å². The number of likely N-dealkylation sites (tertiary alicyclic amines) is 1. The summed E-state index contributed by atoms with van der Waals surface area (Å²) >= 11 is 0. The van der Waals surface area contributed by atoms with E-state index in [0.717, 1.165) is 63.6 Å². The number of amides is 2. The van der Waals surface area contributed by atoms with E-state index in [1.165, 1.54) is 4.31 Å². The highest BCUT2D eigenvalue weighted by Gasteiger charge is 2.50. The van der Waals surface area contributed by atoms with Gasteiger partial charge < -0.3 is 15.5 Å². The number of rotatable bonds is 5. The Morgan fingerprint density at radius 3 is 2.38 bits per heavy atom. The molecule has 3 fully saturated rings. The van der Waals surface area contributed by atoms with Crippen LogP contribution in [0.1, 0.15) is 73.7 Å². The molecule has 3 N–H and O–H groups in total. The van der Waals surface area contributed by atoms with E-state index in [1.54, 1.807) is 12.1 Å². The van der Waals surface area contributed by atoms with Gasteiger partial charge in [-0.3, -0.25) is 14.3 Å². The smallest absolute Gasteiger partial charge is 0.301 e. The van der Waals surface area contributed by atoms with Crippen LogP contribution >= 0.6 is 0 Å². The monoisotopic (exact) mass is 489 g/mol. The normalized spacial score (nSPS) is 23.6. The molecule has 1 aromatic rings. The quantitative estimate of drug-likeness (QED) is 0.588. The van der Waals surface area contributed by atoms with Gasteiger partial charge in [-0.25, -0.2) is 0 Å². The molecule has 1 aliphatic carbocycles. The molecular weight excluding hydrogens is 454 g/mol. The van der Waals surface area contributed by atoms with E-state index in [4.69, 9.17) is 0 Å². The van der Waals surface area contributed by atoms with Gasteiger partial charge in [0.25, 0.3) is 5.91 Å². The molecular formula is C24H35N5O4S. The molecule has 0 radical (unpaired) electrons. The van der Waals surface area contributed by atoms with Gasteiger partial charge in [0.15, 0.2) is 0 Å². The van der Waals surface area contributed by atoms with Gasteiger partial charge >= 0.3 is 10.2 Å². The Kier molecular flexibility index (Phi) is 6.32. The number of piperidine rings is 2. The molecule has 0 aromatic heterocycles. The molecule has 2 amide bonds. The number of carbonyl (C=O) groups excluding carboxylic acids is 2. The fraction of sp³-hybridized carbons (Fsp3) is 0.667. The maximum Gasteiger partial charge on any atom is 0.301 e. The van der Waals surface area contributed by atoms with Crippen molar-refractivity contribution in [2.75, 3.05) is 43.3 Å². The van der Waals surface area contributed by atoms with E-state index in [9.17, 15) is 18.0 Å². The minimum atomic E-state index is -3.74. The Morgan fingerprint density at radius 1 is 1.03 bits per heavy atom. The van der Waals surface area contributed by atoms with Crippen LogP contribution in [0.15, 0.2) is 12.1 Å². The maximum atomic E-state index is 13.4. The number of anilines is 2. The first-order valence-corrected chi connectivity index (χ1v) is 14.0. The number of nitrogens with zero attached hydrogens (tertiary/aromatic N) is 2. The molecule has 186 valence electrons. The standard InChI is InChI=1S/C24H35N5O4S/c1-28-13-7-17(8-14-28)25-22(30)19-15-18(27-34(32,33)29-11-5-2-6-12-29)16-20-21(19)26-23(31)24(20)9-3-4-10-24/h15-17,27H,2-14H2,1H3,(H,25,30)(H,26,31). The Bertz CT molecular complexity index is 1070. The first-order chi connectivity index (χ1) is 16.3. The van der Waals surface area contributed by atoms with Crippen molar-refractivity contribution in [1.82, 2.24) is 14.5 Å². The van der Waals surface area contributed by atoms with Gasteiger partial charge in [0.2, 0.25) is 5.91 Å². The summed E-state index contributed by atoms with van der Waals surface area (Å²) in [5.41, 5.74) is 1.30. The molecule has 1 spiro atoms. The lowest BCUT2D eigenvalue weighted by atomic mass is 9.79. The number of hydrogen-bond donors (Lipinski definition) is 3. The zero-order valence-electron chi connectivity index (χ0n) is 19.9. The topological polar surface area (TPSA) is 111 Å². The number of hydrogen-bond acceptors (Lipinski definition) is 5. The highest BCUT2D eigenvalue weighted by atomic mass is 32.2. The maximum absolute atomic E-state index is 13.4. The summed E-state index contributed by atoms with van der Waals surface area (Å²) in [4.78, 5) is 28.8. The van der Waals surface area contributed by atoms with E-state index < -0.39 is 15.6 Å². The number of nitrogens with one attached hydrogen (secondary N) is 3. The zero-order valence-corrected chi connectivity index (χ0v) is 20.7. The second-order valence-corrected chi connectivity index (χ2v) is 12.0. The minimum Gasteiger partial charge on any atom is -0.349 e. The van der Waals surface area contributed by atoms with Crippen molar-refractivity contribution >= 4 is 33.4 Å². The first-order valence-electron chi connectivity index (χ1n) is 12.6. The molecule has 0 bridgehead atoms. The van der Waals surface area contributed by atoms with Crippen molar-refractivity contribution in [2.45, 2.75) is 69.2 Å². The van der Waals surface area contributed by atoms with Crippen LogP contribution in [0.2, 0.25) is 0 Å². The van der Waals surface area contributed by atoms with Crippen molar-refractivity contribution < 1.29 is 18.0 Å². The van der Waals surface area contributed by atoms with Crippen LogP contribution in [0.5, 0.6) is 0 Å². The minimum absolute atomic E-state index is 0.0607. The van der Waals surface area contributed by atoms with E-state index >= 15 is 0 Å². The Hall–Kier alpha value is -2.17. The lowest BCUT2D eigenvalue weighted by Gasteiger charge is -2.30. The average molecular weight is 490 g/mol. The van der Waals surface area contributed by atoms with Gasteiger partial charge in [-0.2, -0.15) is 12.7 Å². The molecule has 9 nitrogen and oxygen atoms in total. The molecule has 2 saturated heterocycles. The Morgan fingerprint density at radius 2 is 1.71 bits per heavy atom. The highest BCUT2D eigenvalue weighted by molar-refractivity contribution is 7.90. The van der Waals surface area contributed by atoms with Crippen LogP contribution in [0, 0.1) is 0 Å².